The average molecular weight is 1690 g/mol. The second-order valence-electron chi connectivity index (χ2n) is 29.4. The highest BCUT2D eigenvalue weighted by molar-refractivity contribution is 9.10. The smallest absolute Gasteiger partial charge is 0.453 e. The van der Waals surface area contributed by atoms with E-state index in [1.165, 1.54) is 0 Å². The van der Waals surface area contributed by atoms with Crippen LogP contribution in [0.15, 0.2) is 406 Å². The molecule has 0 amide bonds. The number of para-hydroxylation sites is 16. The molecular formula is C107H76BBrN10O6. The van der Waals surface area contributed by atoms with E-state index in [1.807, 2.05) is 176 Å². The second-order valence-corrected chi connectivity index (χ2v) is 30.4. The summed E-state index contributed by atoms with van der Waals surface area (Å²) in [5.74, 6) is 9.97. The maximum Gasteiger partial charge on any atom is 0.488 e. The van der Waals surface area contributed by atoms with Crippen molar-refractivity contribution in [2.24, 2.45) is 0 Å². The highest BCUT2D eigenvalue weighted by Gasteiger charge is 2.31. The quantitative estimate of drug-likeness (QED) is 0.0986. The molecule has 0 bridgehead atoms. The minimum absolute atomic E-state index is 0. The molecule has 6 heterocycles. The fourth-order valence-corrected chi connectivity index (χ4v) is 15.8. The number of hydrogen-bond donors (Lipinski definition) is 2. The van der Waals surface area contributed by atoms with Crippen molar-refractivity contribution in [1.29, 1.82) is 0 Å². The summed E-state index contributed by atoms with van der Waals surface area (Å²) in [5.41, 5.74) is 21.9. The zero-order valence-corrected chi connectivity index (χ0v) is 68.1. The van der Waals surface area contributed by atoms with Crippen molar-refractivity contribution in [2.45, 2.75) is 7.43 Å². The van der Waals surface area contributed by atoms with Gasteiger partial charge in [-0.2, -0.15) is 0 Å². The van der Waals surface area contributed by atoms with Crippen LogP contribution in [0.2, 0.25) is 0 Å². The summed E-state index contributed by atoms with van der Waals surface area (Å²) in [6.07, 6.45) is 3.55. The maximum absolute atomic E-state index is 8.72. The summed E-state index contributed by atoms with van der Waals surface area (Å²) in [5, 5.41) is 17.4. The molecule has 16 aromatic carbocycles. The Labute approximate surface area is 732 Å². The van der Waals surface area contributed by atoms with Crippen LogP contribution in [0, 0.1) is 0 Å². The molecule has 0 unspecified atom stereocenters. The molecule has 0 radical (unpaired) electrons. The Hall–Kier alpha value is -16.1. The van der Waals surface area contributed by atoms with Crippen molar-refractivity contribution >= 4 is 109 Å². The van der Waals surface area contributed by atoms with Crippen molar-refractivity contribution in [1.82, 2.24) is 29.9 Å². The Bertz CT molecular complexity index is 6530. The number of rotatable bonds is 14. The summed E-state index contributed by atoms with van der Waals surface area (Å²) in [4.78, 5) is 39.2. The number of nitrogens with zero attached hydrogens (tertiary/aromatic N) is 10. The van der Waals surface area contributed by atoms with Crippen LogP contribution in [-0.4, -0.2) is 47.1 Å². The minimum atomic E-state index is -1.38. The molecule has 18 aromatic rings. The topological polar surface area (TPSA) is 168 Å². The maximum atomic E-state index is 8.72. The van der Waals surface area contributed by atoms with Gasteiger partial charge < -0.3 is 48.6 Å². The highest BCUT2D eigenvalue weighted by Crippen LogP contribution is 2.55. The molecule has 16 nitrogen and oxygen atoms in total. The third-order valence-electron chi connectivity index (χ3n) is 21.7. The summed E-state index contributed by atoms with van der Waals surface area (Å²) in [6.45, 7) is 7.47. The van der Waals surface area contributed by atoms with Gasteiger partial charge in [0.15, 0.2) is 80.9 Å². The van der Waals surface area contributed by atoms with E-state index in [2.05, 4.69) is 243 Å². The number of halogens is 1. The predicted octanol–water partition coefficient (Wildman–Crippen LogP) is 27.8. The lowest BCUT2D eigenvalue weighted by atomic mass is 9.80. The minimum Gasteiger partial charge on any atom is -0.453 e. The normalized spacial score (nSPS) is 12.0. The van der Waals surface area contributed by atoms with Crippen molar-refractivity contribution in [2.75, 3.05) is 19.6 Å². The van der Waals surface area contributed by atoms with E-state index >= 15 is 0 Å². The van der Waals surface area contributed by atoms with E-state index in [4.69, 9.17) is 58.9 Å². The molecule has 4 aliphatic rings. The lowest BCUT2D eigenvalue weighted by Crippen LogP contribution is -2.29. The van der Waals surface area contributed by atoms with Gasteiger partial charge >= 0.3 is 7.12 Å². The van der Waals surface area contributed by atoms with Crippen LogP contribution in [0.5, 0.6) is 46.0 Å². The summed E-state index contributed by atoms with van der Waals surface area (Å²) >= 11 is 3.56. The molecule has 18 heteroatoms. The molecule has 0 saturated heterocycles. The lowest BCUT2D eigenvalue weighted by Gasteiger charge is -2.32. The van der Waals surface area contributed by atoms with Gasteiger partial charge in [-0.15, -0.1) is 0 Å². The SMILES string of the molecule is Brc1ccc(-c2nc(-c3ccc(N4c5ccccc5Oc5ccccc54)cc3)nc(-c3ccc(N4c5ccccc5Oc5ccccc54)cc3)n2)cc1.C.C=Cc1ccc(-c2ccc(-c3nc(-c4ccc(N5c6ccccc6Oc6ccccc65)cc4)nc(-c4ccc(N5c6ccccc6Oc6ccccc65)cc4)n3)cc2)cc1.C=Cc1ccc(B(O)O)cc1. The molecule has 125 heavy (non-hydrogen) atoms. The van der Waals surface area contributed by atoms with E-state index in [0.29, 0.717) is 40.4 Å². The van der Waals surface area contributed by atoms with E-state index in [1.54, 1.807) is 30.3 Å². The van der Waals surface area contributed by atoms with Gasteiger partial charge in [-0.3, -0.25) is 0 Å². The van der Waals surface area contributed by atoms with Gasteiger partial charge in [0.1, 0.15) is 0 Å². The van der Waals surface area contributed by atoms with Crippen molar-refractivity contribution in [3.05, 3.63) is 417 Å². The Morgan fingerprint density at radius 3 is 0.616 bits per heavy atom. The molecular weight excluding hydrogens is 1610 g/mol. The van der Waals surface area contributed by atoms with Crippen molar-refractivity contribution in [3.63, 3.8) is 0 Å². The Kier molecular flexibility index (Phi) is 21.8. The molecule has 0 aliphatic carbocycles. The Balaban J connectivity index is 0.000000145. The van der Waals surface area contributed by atoms with Gasteiger partial charge in [0.2, 0.25) is 0 Å². The molecule has 0 spiro atoms. The fourth-order valence-electron chi connectivity index (χ4n) is 15.5. The number of aromatic nitrogens is 6. The molecule has 0 fully saturated rings. The van der Waals surface area contributed by atoms with Gasteiger partial charge in [0.25, 0.3) is 0 Å². The predicted molar refractivity (Wildman–Crippen MR) is 508 cm³/mol. The second kappa shape index (κ2) is 34.5. The van der Waals surface area contributed by atoms with Crippen LogP contribution in [0.4, 0.5) is 68.2 Å². The van der Waals surface area contributed by atoms with Crippen molar-refractivity contribution < 1.29 is 29.0 Å². The lowest BCUT2D eigenvalue weighted by molar-refractivity contribution is 0.425. The van der Waals surface area contributed by atoms with E-state index in [-0.39, 0.29) is 7.43 Å². The number of hydrogen-bond acceptors (Lipinski definition) is 16. The standard InChI is InChI=1S/C53H35N5O2.C45H28BrN5O2.C8H9BO2.CH4/c1-2-35-19-21-36(22-20-35)37-23-25-38(26-24-37)51-54-52(39-27-31-41(32-28-39)57-43-11-3-7-15-47(43)59-48-16-8-4-12-44(48)57)56-53(55-51)40-29-33-42(34-30-40)58-45-13-5-9-17-49(45)60-50-18-10-6-14-46(50)58;46-32-23-17-29(18-24-32)43-47-44(30-19-25-33(26-20-30)50-35-9-1-5-13-39(35)52-40-14-6-2-10-36(40)50)49-45(48-43)31-21-27-34(28-22-31)51-37-11-3-7-15-41(37)53-42-16-8-4-12-38(42)51;1-2-7-3-5-8(6-4-7)9(10)11;/h2-34H,1H2;1-28H;2-6,10-11H,1H2;1H4. The Morgan fingerprint density at radius 2 is 0.408 bits per heavy atom. The van der Waals surface area contributed by atoms with Crippen LogP contribution in [0.25, 0.3) is 91.6 Å². The average Bonchev–Trinajstić information content (AvgIpc) is 0.767. The number of ether oxygens (including phenoxy) is 4. The van der Waals surface area contributed by atoms with Gasteiger partial charge in [-0.25, -0.2) is 29.9 Å². The van der Waals surface area contributed by atoms with Crippen LogP contribution in [-0.2, 0) is 0 Å². The van der Waals surface area contributed by atoms with Gasteiger partial charge in [-0.1, -0.05) is 231 Å². The van der Waals surface area contributed by atoms with Gasteiger partial charge in [-0.05, 0) is 234 Å². The first kappa shape index (κ1) is 78.7. The fraction of sp³-hybridized carbons (Fsp3) is 0.00935. The van der Waals surface area contributed by atoms with Crippen LogP contribution in [0.3, 0.4) is 0 Å². The van der Waals surface area contributed by atoms with E-state index in [0.717, 1.165) is 174 Å². The summed E-state index contributed by atoms with van der Waals surface area (Å²) in [7, 11) is -1.38. The number of fused-ring (bicyclic) bond motifs is 8. The van der Waals surface area contributed by atoms with Gasteiger partial charge in [0.05, 0.1) is 45.5 Å². The third kappa shape index (κ3) is 15.9. The Morgan fingerprint density at radius 1 is 0.232 bits per heavy atom. The summed E-state index contributed by atoms with van der Waals surface area (Å²) < 4.78 is 26.0. The number of benzene rings is 16. The molecule has 4 aliphatic heterocycles. The van der Waals surface area contributed by atoms with Crippen LogP contribution >= 0.6 is 15.9 Å². The van der Waals surface area contributed by atoms with Crippen LogP contribution in [0.1, 0.15) is 18.6 Å². The zero-order chi connectivity index (χ0) is 83.6. The van der Waals surface area contributed by atoms with Crippen LogP contribution < -0.4 is 44.0 Å². The van der Waals surface area contributed by atoms with Gasteiger partial charge in [0, 0.05) is 60.6 Å². The third-order valence-corrected chi connectivity index (χ3v) is 22.3. The molecule has 22 rings (SSSR count). The molecule has 600 valence electrons. The zero-order valence-electron chi connectivity index (χ0n) is 66.5. The largest absolute Gasteiger partial charge is 0.488 e. The first-order valence-electron chi connectivity index (χ1n) is 40.3. The highest BCUT2D eigenvalue weighted by atomic mass is 79.9. The molecule has 2 N–H and O–H groups in total. The number of anilines is 12. The summed E-state index contributed by atoms with van der Waals surface area (Å²) in [6, 6.07) is 130. The van der Waals surface area contributed by atoms with E-state index in [9.17, 15) is 0 Å². The monoisotopic (exact) mass is 1690 g/mol. The molecule has 0 saturated carbocycles. The molecule has 0 atom stereocenters. The molecule has 2 aromatic heterocycles. The first-order chi connectivity index (χ1) is 61.1. The first-order valence-corrected chi connectivity index (χ1v) is 41.1. The van der Waals surface area contributed by atoms with E-state index < -0.39 is 7.12 Å². The van der Waals surface area contributed by atoms with Crippen molar-refractivity contribution in [3.8, 4) is 125 Å².